The van der Waals surface area contributed by atoms with Gasteiger partial charge in [-0.15, -0.1) is 11.8 Å². The van der Waals surface area contributed by atoms with Crippen LogP contribution in [-0.2, 0) is 9.59 Å². The third kappa shape index (κ3) is 5.44. The first-order valence-corrected chi connectivity index (χ1v) is 11.3. The van der Waals surface area contributed by atoms with Gasteiger partial charge in [-0.05, 0) is 49.2 Å². The van der Waals surface area contributed by atoms with E-state index in [4.69, 9.17) is 0 Å². The van der Waals surface area contributed by atoms with Crippen molar-refractivity contribution in [1.82, 2.24) is 9.80 Å². The molecule has 0 spiro atoms. The second-order valence-electron chi connectivity index (χ2n) is 7.73. The van der Waals surface area contributed by atoms with E-state index in [1.807, 2.05) is 23.1 Å². The molecule has 2 aromatic carbocycles. The molecule has 0 atom stereocenters. The summed E-state index contributed by atoms with van der Waals surface area (Å²) in [5, 5.41) is 2.72. The first-order valence-electron chi connectivity index (χ1n) is 10.4. The average molecular weight is 442 g/mol. The molecule has 8 heteroatoms. The second kappa shape index (κ2) is 9.51. The molecule has 1 saturated heterocycles. The maximum Gasteiger partial charge on any atom is 0.255 e. The summed E-state index contributed by atoms with van der Waals surface area (Å²) in [5.74, 6) is -0.134. The molecule has 1 heterocycles. The van der Waals surface area contributed by atoms with Crippen LogP contribution in [0.4, 0.5) is 10.1 Å². The Morgan fingerprint density at radius 2 is 1.58 bits per heavy atom. The molecule has 31 heavy (non-hydrogen) atoms. The van der Waals surface area contributed by atoms with Crippen LogP contribution in [0.3, 0.4) is 0 Å². The Kier molecular flexibility index (Phi) is 6.56. The molecule has 6 nitrogen and oxygen atoms in total. The number of hydrogen-bond acceptors (Lipinski definition) is 4. The lowest BCUT2D eigenvalue weighted by Crippen LogP contribution is -2.51. The molecule has 1 aliphatic heterocycles. The van der Waals surface area contributed by atoms with Crippen molar-refractivity contribution in [2.75, 3.05) is 37.2 Å². The topological polar surface area (TPSA) is 69.7 Å². The highest BCUT2D eigenvalue weighted by Gasteiger charge is 2.35. The summed E-state index contributed by atoms with van der Waals surface area (Å²) in [4.78, 5) is 41.9. The molecule has 2 aliphatic rings. The number of piperazine rings is 1. The predicted octanol–water partition coefficient (Wildman–Crippen LogP) is 3.25. The molecular weight excluding hydrogens is 417 g/mol. The first-order chi connectivity index (χ1) is 15.0. The zero-order valence-corrected chi connectivity index (χ0v) is 17.9. The van der Waals surface area contributed by atoms with Crippen LogP contribution in [-0.4, -0.2) is 59.5 Å². The minimum Gasteiger partial charge on any atom is -0.339 e. The maximum atomic E-state index is 13.1. The van der Waals surface area contributed by atoms with Gasteiger partial charge in [0.05, 0.1) is 11.3 Å². The number of rotatable bonds is 6. The molecule has 1 N–H and O–H groups in total. The van der Waals surface area contributed by atoms with Crippen molar-refractivity contribution in [3.05, 3.63) is 59.9 Å². The highest BCUT2D eigenvalue weighted by molar-refractivity contribution is 8.00. The smallest absolute Gasteiger partial charge is 0.255 e. The van der Waals surface area contributed by atoms with E-state index in [9.17, 15) is 18.8 Å². The van der Waals surface area contributed by atoms with Crippen molar-refractivity contribution in [1.29, 1.82) is 0 Å². The van der Waals surface area contributed by atoms with E-state index in [1.54, 1.807) is 11.0 Å². The number of halogens is 1. The van der Waals surface area contributed by atoms with E-state index in [-0.39, 0.29) is 35.2 Å². The Balaban J connectivity index is 1.33. The minimum absolute atomic E-state index is 0.0828. The molecule has 2 aromatic rings. The van der Waals surface area contributed by atoms with E-state index >= 15 is 0 Å². The van der Waals surface area contributed by atoms with Crippen molar-refractivity contribution < 1.29 is 18.8 Å². The van der Waals surface area contributed by atoms with E-state index in [0.29, 0.717) is 37.4 Å². The van der Waals surface area contributed by atoms with Crippen molar-refractivity contribution in [3.63, 3.8) is 0 Å². The van der Waals surface area contributed by atoms with Crippen LogP contribution >= 0.6 is 11.8 Å². The molecule has 0 radical (unpaired) electrons. The minimum atomic E-state index is -0.363. The Morgan fingerprint density at radius 3 is 2.26 bits per heavy atom. The van der Waals surface area contributed by atoms with Gasteiger partial charge < -0.3 is 15.1 Å². The van der Waals surface area contributed by atoms with Gasteiger partial charge in [0.25, 0.3) is 5.91 Å². The number of anilines is 1. The number of hydrogen-bond donors (Lipinski definition) is 1. The number of nitrogens with one attached hydrogen (secondary N) is 1. The van der Waals surface area contributed by atoms with Crippen LogP contribution in [0.2, 0.25) is 0 Å². The van der Waals surface area contributed by atoms with Crippen molar-refractivity contribution >= 4 is 35.2 Å². The van der Waals surface area contributed by atoms with Gasteiger partial charge in [-0.25, -0.2) is 4.39 Å². The summed E-state index contributed by atoms with van der Waals surface area (Å²) in [6.45, 7) is 2.16. The predicted molar refractivity (Wildman–Crippen MR) is 117 cm³/mol. The fourth-order valence-electron chi connectivity index (χ4n) is 3.53. The second-order valence-corrected chi connectivity index (χ2v) is 8.75. The fraction of sp³-hybridized carbons (Fsp3) is 0.348. The number of benzene rings is 2. The summed E-state index contributed by atoms with van der Waals surface area (Å²) in [5.41, 5.74) is 1.08. The van der Waals surface area contributed by atoms with Gasteiger partial charge in [-0.1, -0.05) is 12.1 Å². The molecule has 0 bridgehead atoms. The quantitative estimate of drug-likeness (QED) is 0.699. The van der Waals surface area contributed by atoms with E-state index in [1.165, 1.54) is 36.0 Å². The lowest BCUT2D eigenvalue weighted by atomic mass is 10.1. The molecule has 2 fully saturated rings. The third-order valence-corrected chi connectivity index (χ3v) is 6.48. The molecule has 0 unspecified atom stereocenters. The van der Waals surface area contributed by atoms with Crippen LogP contribution in [0.5, 0.6) is 0 Å². The normalized spacial score (nSPS) is 16.2. The van der Waals surface area contributed by atoms with Crippen molar-refractivity contribution in [2.45, 2.75) is 17.7 Å². The summed E-state index contributed by atoms with van der Waals surface area (Å²) in [6, 6.07) is 12.8. The molecule has 4 rings (SSSR count). The molecule has 3 amide bonds. The van der Waals surface area contributed by atoms with Crippen LogP contribution in [0, 0.1) is 11.7 Å². The first kappa shape index (κ1) is 21.4. The highest BCUT2D eigenvalue weighted by atomic mass is 32.2. The third-order valence-electron chi connectivity index (χ3n) is 5.41. The Labute approximate surface area is 184 Å². The summed E-state index contributed by atoms with van der Waals surface area (Å²) >= 11 is 1.29. The summed E-state index contributed by atoms with van der Waals surface area (Å²) < 4.78 is 13.0. The number of nitrogens with zero attached hydrogens (tertiary/aromatic N) is 2. The SMILES string of the molecule is O=C(CSc1ccccc1C(=O)N1CCN(C(=O)C2CC2)CC1)Nc1ccc(F)cc1. The molecule has 162 valence electrons. The van der Waals surface area contributed by atoms with E-state index < -0.39 is 0 Å². The van der Waals surface area contributed by atoms with Crippen LogP contribution in [0.15, 0.2) is 53.4 Å². The average Bonchev–Trinajstić information content (AvgIpc) is 3.64. The maximum absolute atomic E-state index is 13.1. The Morgan fingerprint density at radius 1 is 0.935 bits per heavy atom. The summed E-state index contributed by atoms with van der Waals surface area (Å²) in [7, 11) is 0. The van der Waals surface area contributed by atoms with E-state index in [0.717, 1.165) is 17.7 Å². The Bertz CT molecular complexity index is 970. The van der Waals surface area contributed by atoms with Crippen LogP contribution in [0.25, 0.3) is 0 Å². The van der Waals surface area contributed by atoms with Crippen molar-refractivity contribution in [2.24, 2.45) is 5.92 Å². The molecule has 1 saturated carbocycles. The summed E-state index contributed by atoms with van der Waals surface area (Å²) in [6.07, 6.45) is 1.97. The zero-order chi connectivity index (χ0) is 21.8. The molecule has 0 aromatic heterocycles. The monoisotopic (exact) mass is 441 g/mol. The molecule has 1 aliphatic carbocycles. The largest absolute Gasteiger partial charge is 0.339 e. The standard InChI is InChI=1S/C23H24FN3O3S/c24-17-7-9-18(10-8-17)25-21(28)15-31-20-4-2-1-3-19(20)23(30)27-13-11-26(12-14-27)22(29)16-5-6-16/h1-4,7-10,16H,5-6,11-15H2,(H,25,28). The van der Waals surface area contributed by atoms with E-state index in [2.05, 4.69) is 5.32 Å². The highest BCUT2D eigenvalue weighted by Crippen LogP contribution is 2.31. The number of carbonyl (C=O) groups is 3. The van der Waals surface area contributed by atoms with Crippen molar-refractivity contribution in [3.8, 4) is 0 Å². The van der Waals surface area contributed by atoms with Gasteiger partial charge in [0.15, 0.2) is 0 Å². The lowest BCUT2D eigenvalue weighted by molar-refractivity contribution is -0.134. The number of carbonyl (C=O) groups excluding carboxylic acids is 3. The lowest BCUT2D eigenvalue weighted by Gasteiger charge is -2.35. The van der Waals surface area contributed by atoms with Gasteiger partial charge in [0, 0.05) is 42.7 Å². The van der Waals surface area contributed by atoms with Crippen LogP contribution in [0.1, 0.15) is 23.2 Å². The fourth-order valence-corrected chi connectivity index (χ4v) is 4.38. The van der Waals surface area contributed by atoms with Gasteiger partial charge in [0.1, 0.15) is 5.82 Å². The zero-order valence-electron chi connectivity index (χ0n) is 17.1. The molecular formula is C23H24FN3O3S. The van der Waals surface area contributed by atoms with Gasteiger partial charge in [0.2, 0.25) is 11.8 Å². The van der Waals surface area contributed by atoms with Gasteiger partial charge in [-0.3, -0.25) is 14.4 Å². The Hall–Kier alpha value is -2.87. The number of amides is 3. The number of thioether (sulfide) groups is 1. The van der Waals surface area contributed by atoms with Crippen LogP contribution < -0.4 is 5.32 Å². The van der Waals surface area contributed by atoms with Gasteiger partial charge in [-0.2, -0.15) is 0 Å². The van der Waals surface area contributed by atoms with Gasteiger partial charge >= 0.3 is 0 Å².